The van der Waals surface area contributed by atoms with E-state index >= 15 is 0 Å². The van der Waals surface area contributed by atoms with Crippen molar-refractivity contribution in [2.24, 2.45) is 0 Å². The normalized spacial score (nSPS) is 13.8. The molecule has 0 atom stereocenters. The number of nitrogens with one attached hydrogen (secondary N) is 1. The summed E-state index contributed by atoms with van der Waals surface area (Å²) in [5, 5.41) is 11.3. The number of nitrogens with zero attached hydrogens (tertiary/aromatic N) is 5. The van der Waals surface area contributed by atoms with Gasteiger partial charge in [-0.15, -0.1) is 5.10 Å². The summed E-state index contributed by atoms with van der Waals surface area (Å²) in [6.45, 7) is 4.49. The number of amides is 1. The Hall–Kier alpha value is -3.30. The van der Waals surface area contributed by atoms with Crippen LogP contribution in [-0.2, 0) is 4.74 Å². The van der Waals surface area contributed by atoms with Gasteiger partial charge in [0.15, 0.2) is 17.3 Å². The Morgan fingerprint density at radius 1 is 1.14 bits per heavy atom. The molecule has 0 spiro atoms. The third-order valence-corrected chi connectivity index (χ3v) is 4.29. The van der Waals surface area contributed by atoms with Gasteiger partial charge < -0.3 is 29.3 Å². The number of carbonyl (C=O) groups excluding carboxylic acids is 1. The lowest BCUT2D eigenvalue weighted by Crippen LogP contribution is -2.49. The number of anilines is 3. The van der Waals surface area contributed by atoms with Crippen LogP contribution in [0.3, 0.4) is 0 Å². The van der Waals surface area contributed by atoms with E-state index in [4.69, 9.17) is 14.2 Å². The van der Waals surface area contributed by atoms with Gasteiger partial charge in [0, 0.05) is 37.9 Å². The minimum absolute atomic E-state index is 0.287. The van der Waals surface area contributed by atoms with Crippen molar-refractivity contribution in [2.75, 3.05) is 57.2 Å². The van der Waals surface area contributed by atoms with Gasteiger partial charge in [-0.25, -0.2) is 4.79 Å². The zero-order valence-electron chi connectivity index (χ0n) is 16.2. The summed E-state index contributed by atoms with van der Waals surface area (Å²) in [6, 6.07) is 5.49. The van der Waals surface area contributed by atoms with E-state index in [1.807, 2.05) is 23.1 Å². The van der Waals surface area contributed by atoms with Crippen LogP contribution in [0.5, 0.6) is 11.5 Å². The van der Waals surface area contributed by atoms with E-state index in [1.165, 1.54) is 0 Å². The average molecular weight is 388 g/mol. The highest BCUT2D eigenvalue weighted by Crippen LogP contribution is 2.30. The van der Waals surface area contributed by atoms with Gasteiger partial charge in [-0.1, -0.05) is 0 Å². The molecule has 0 unspecified atom stereocenters. The summed E-state index contributed by atoms with van der Waals surface area (Å²) in [6.07, 6.45) is 1.26. The number of benzene rings is 1. The maximum Gasteiger partial charge on any atom is 0.409 e. The predicted molar refractivity (Wildman–Crippen MR) is 103 cm³/mol. The van der Waals surface area contributed by atoms with E-state index in [0.29, 0.717) is 56.1 Å². The molecule has 28 heavy (non-hydrogen) atoms. The highest BCUT2D eigenvalue weighted by atomic mass is 16.6. The molecule has 2 aromatic rings. The average Bonchev–Trinajstić information content (AvgIpc) is 2.74. The first-order valence-corrected chi connectivity index (χ1v) is 9.00. The molecular weight excluding hydrogens is 364 g/mol. The molecule has 1 saturated heterocycles. The molecule has 1 N–H and O–H groups in total. The first kappa shape index (κ1) is 19.5. The fourth-order valence-corrected chi connectivity index (χ4v) is 2.85. The molecule has 1 aromatic carbocycles. The molecule has 2 heterocycles. The Kier molecular flexibility index (Phi) is 6.30. The van der Waals surface area contributed by atoms with Crippen LogP contribution in [0, 0.1) is 0 Å². The molecule has 150 valence electrons. The van der Waals surface area contributed by atoms with Crippen molar-refractivity contribution in [1.29, 1.82) is 0 Å². The second kappa shape index (κ2) is 9.07. The van der Waals surface area contributed by atoms with Crippen LogP contribution < -0.4 is 19.7 Å². The van der Waals surface area contributed by atoms with Crippen LogP contribution in [0.2, 0.25) is 0 Å². The molecule has 1 aliphatic heterocycles. The van der Waals surface area contributed by atoms with Gasteiger partial charge in [0.2, 0.25) is 5.95 Å². The number of methoxy groups -OCH3 is 2. The standard InChI is InChI=1S/C18H24N6O4/c1-4-28-18(25)24-9-7-23(8-10-24)17-21-16(12-19-22-17)20-13-5-6-14(26-2)15(11-13)27-3/h5-6,11-12H,4,7-10H2,1-3H3,(H,20,21,22). The summed E-state index contributed by atoms with van der Waals surface area (Å²) < 4.78 is 15.6. The Morgan fingerprint density at radius 3 is 2.57 bits per heavy atom. The van der Waals surface area contributed by atoms with Crippen LogP contribution in [0.25, 0.3) is 0 Å². The Morgan fingerprint density at radius 2 is 1.89 bits per heavy atom. The van der Waals surface area contributed by atoms with Gasteiger partial charge >= 0.3 is 6.09 Å². The van der Waals surface area contributed by atoms with E-state index in [1.54, 1.807) is 32.2 Å². The minimum Gasteiger partial charge on any atom is -0.493 e. The predicted octanol–water partition coefficient (Wildman–Crippen LogP) is 1.91. The molecule has 1 aliphatic rings. The third-order valence-electron chi connectivity index (χ3n) is 4.29. The zero-order chi connectivity index (χ0) is 19.9. The van der Waals surface area contributed by atoms with Crippen LogP contribution in [-0.4, -0.2) is 73.2 Å². The maximum atomic E-state index is 11.8. The summed E-state index contributed by atoms with van der Waals surface area (Å²) >= 11 is 0. The smallest absolute Gasteiger partial charge is 0.409 e. The number of hydrogen-bond donors (Lipinski definition) is 1. The molecule has 0 aliphatic carbocycles. The Labute approximate surface area is 163 Å². The monoisotopic (exact) mass is 388 g/mol. The number of ether oxygens (including phenoxy) is 3. The molecule has 0 radical (unpaired) electrons. The lowest BCUT2D eigenvalue weighted by molar-refractivity contribution is 0.105. The first-order chi connectivity index (χ1) is 13.6. The largest absolute Gasteiger partial charge is 0.493 e. The molecule has 1 amide bonds. The maximum absolute atomic E-state index is 11.8. The number of piperazine rings is 1. The minimum atomic E-state index is -0.287. The van der Waals surface area contributed by atoms with Crippen molar-refractivity contribution in [3.63, 3.8) is 0 Å². The first-order valence-electron chi connectivity index (χ1n) is 9.00. The van der Waals surface area contributed by atoms with Crippen molar-refractivity contribution >= 4 is 23.5 Å². The van der Waals surface area contributed by atoms with E-state index in [0.717, 1.165) is 5.69 Å². The number of carbonyl (C=O) groups is 1. The van der Waals surface area contributed by atoms with Crippen molar-refractivity contribution in [3.8, 4) is 11.5 Å². The van der Waals surface area contributed by atoms with Crippen molar-refractivity contribution in [3.05, 3.63) is 24.4 Å². The van der Waals surface area contributed by atoms with Crippen molar-refractivity contribution < 1.29 is 19.0 Å². The summed E-state index contributed by atoms with van der Waals surface area (Å²) in [5.74, 6) is 2.33. The lowest BCUT2D eigenvalue weighted by Gasteiger charge is -2.33. The van der Waals surface area contributed by atoms with Gasteiger partial charge in [-0.2, -0.15) is 10.1 Å². The molecule has 3 rings (SSSR count). The Balaban J connectivity index is 1.66. The molecule has 0 bridgehead atoms. The second-order valence-electron chi connectivity index (χ2n) is 6.01. The number of rotatable bonds is 6. The van der Waals surface area contributed by atoms with Crippen LogP contribution in [0.15, 0.2) is 24.4 Å². The third kappa shape index (κ3) is 4.51. The Bertz CT molecular complexity index is 810. The highest BCUT2D eigenvalue weighted by molar-refractivity contribution is 5.68. The fourth-order valence-electron chi connectivity index (χ4n) is 2.85. The lowest BCUT2D eigenvalue weighted by atomic mass is 10.2. The molecule has 10 nitrogen and oxygen atoms in total. The van der Waals surface area contributed by atoms with E-state index in [9.17, 15) is 4.79 Å². The highest BCUT2D eigenvalue weighted by Gasteiger charge is 2.23. The number of hydrogen-bond acceptors (Lipinski definition) is 9. The topological polar surface area (TPSA) is 102 Å². The van der Waals surface area contributed by atoms with E-state index in [-0.39, 0.29) is 6.09 Å². The van der Waals surface area contributed by atoms with Crippen molar-refractivity contribution in [2.45, 2.75) is 6.92 Å². The molecular formula is C18H24N6O4. The summed E-state index contributed by atoms with van der Waals surface area (Å²) in [4.78, 5) is 20.0. The van der Waals surface area contributed by atoms with Gasteiger partial charge in [0.05, 0.1) is 27.0 Å². The molecule has 1 fully saturated rings. The van der Waals surface area contributed by atoms with Crippen LogP contribution in [0.1, 0.15) is 6.92 Å². The van der Waals surface area contributed by atoms with Gasteiger partial charge in [-0.05, 0) is 19.1 Å². The van der Waals surface area contributed by atoms with Crippen molar-refractivity contribution in [1.82, 2.24) is 20.1 Å². The number of aromatic nitrogens is 3. The van der Waals surface area contributed by atoms with E-state index < -0.39 is 0 Å². The molecule has 10 heteroatoms. The fraction of sp³-hybridized carbons (Fsp3) is 0.444. The zero-order valence-corrected chi connectivity index (χ0v) is 16.2. The van der Waals surface area contributed by atoms with E-state index in [2.05, 4.69) is 20.5 Å². The molecule has 1 aromatic heterocycles. The second-order valence-corrected chi connectivity index (χ2v) is 6.01. The SMILES string of the molecule is CCOC(=O)N1CCN(c2nncc(Nc3ccc(OC)c(OC)c3)n2)CC1. The van der Waals surface area contributed by atoms with Gasteiger partial charge in [0.1, 0.15) is 0 Å². The van der Waals surface area contributed by atoms with Gasteiger partial charge in [0.25, 0.3) is 0 Å². The van der Waals surface area contributed by atoms with Gasteiger partial charge in [-0.3, -0.25) is 0 Å². The molecule has 0 saturated carbocycles. The summed E-state index contributed by atoms with van der Waals surface area (Å²) in [5.41, 5.74) is 0.788. The quantitative estimate of drug-likeness (QED) is 0.795. The van der Waals surface area contributed by atoms with Crippen LogP contribution in [0.4, 0.5) is 22.2 Å². The summed E-state index contributed by atoms with van der Waals surface area (Å²) in [7, 11) is 3.18. The van der Waals surface area contributed by atoms with Crippen LogP contribution >= 0.6 is 0 Å².